The smallest absolute Gasteiger partial charge is 0.326 e. The fraction of sp³-hybridized carbons (Fsp3) is 0.833. The van der Waals surface area contributed by atoms with Gasteiger partial charge in [-0.1, -0.05) is 27.2 Å². The van der Waals surface area contributed by atoms with Crippen molar-refractivity contribution in [1.82, 2.24) is 10.2 Å². The summed E-state index contributed by atoms with van der Waals surface area (Å²) in [5.41, 5.74) is 0. The van der Waals surface area contributed by atoms with Crippen molar-refractivity contribution in [3.05, 3.63) is 0 Å². The summed E-state index contributed by atoms with van der Waals surface area (Å²) >= 11 is 0. The van der Waals surface area contributed by atoms with Gasteiger partial charge in [0.25, 0.3) is 0 Å². The lowest BCUT2D eigenvalue weighted by Crippen LogP contribution is -2.51. The summed E-state index contributed by atoms with van der Waals surface area (Å²) < 4.78 is 0. The molecule has 0 aromatic carbocycles. The number of amides is 2. The van der Waals surface area contributed by atoms with Crippen molar-refractivity contribution in [1.29, 1.82) is 0 Å². The number of hydrogen-bond donors (Lipinski definition) is 3. The van der Waals surface area contributed by atoms with E-state index in [1.807, 2.05) is 13.8 Å². The Morgan fingerprint density at radius 2 is 1.89 bits per heavy atom. The maximum Gasteiger partial charge on any atom is 0.326 e. The van der Waals surface area contributed by atoms with E-state index in [2.05, 4.69) is 5.32 Å². The quantitative estimate of drug-likeness (QED) is 0.605. The molecule has 0 spiro atoms. The van der Waals surface area contributed by atoms with Crippen molar-refractivity contribution in [3.63, 3.8) is 0 Å². The van der Waals surface area contributed by atoms with Gasteiger partial charge < -0.3 is 20.4 Å². The average Bonchev–Trinajstić information content (AvgIpc) is 2.34. The largest absolute Gasteiger partial charge is 0.480 e. The van der Waals surface area contributed by atoms with Crippen LogP contribution in [-0.4, -0.2) is 52.9 Å². The molecule has 0 aliphatic heterocycles. The number of urea groups is 1. The zero-order chi connectivity index (χ0) is 14.1. The monoisotopic (exact) mass is 260 g/mol. The van der Waals surface area contributed by atoms with Crippen LogP contribution in [0, 0.1) is 5.92 Å². The van der Waals surface area contributed by atoms with Crippen LogP contribution in [0.15, 0.2) is 0 Å². The minimum atomic E-state index is -1.03. The molecule has 6 nitrogen and oxygen atoms in total. The standard InChI is InChI=1S/C12H24N2O4/c1-4-6-14(7-8-15)12(18)13-10(11(16)17)9(3)5-2/h9-10,15H,4-8H2,1-3H3,(H,13,18)(H,16,17)/t9?,10-/m0/s1. The second-order valence-corrected chi connectivity index (χ2v) is 4.36. The molecule has 0 saturated carbocycles. The van der Waals surface area contributed by atoms with E-state index in [9.17, 15) is 9.59 Å². The molecular formula is C12H24N2O4. The molecule has 106 valence electrons. The first-order valence-electron chi connectivity index (χ1n) is 6.36. The number of carboxylic acid groups (broad SMARTS) is 1. The van der Waals surface area contributed by atoms with Gasteiger partial charge in [-0.2, -0.15) is 0 Å². The van der Waals surface area contributed by atoms with Gasteiger partial charge in [-0.15, -0.1) is 0 Å². The molecule has 6 heteroatoms. The zero-order valence-corrected chi connectivity index (χ0v) is 11.3. The van der Waals surface area contributed by atoms with Crippen LogP contribution in [0.2, 0.25) is 0 Å². The molecule has 0 aliphatic carbocycles. The first kappa shape index (κ1) is 16.7. The second kappa shape index (κ2) is 8.74. The van der Waals surface area contributed by atoms with Crippen LogP contribution in [0.1, 0.15) is 33.6 Å². The predicted octanol–water partition coefficient (Wildman–Crippen LogP) is 0.900. The number of carboxylic acids is 1. The zero-order valence-electron chi connectivity index (χ0n) is 11.3. The van der Waals surface area contributed by atoms with E-state index in [1.54, 1.807) is 6.92 Å². The van der Waals surface area contributed by atoms with E-state index in [-0.39, 0.29) is 19.1 Å². The number of carbonyl (C=O) groups excluding carboxylic acids is 1. The Labute approximate surface area is 108 Å². The average molecular weight is 260 g/mol. The highest BCUT2D eigenvalue weighted by atomic mass is 16.4. The first-order valence-corrected chi connectivity index (χ1v) is 6.36. The fourth-order valence-electron chi connectivity index (χ4n) is 1.61. The molecule has 0 heterocycles. The van der Waals surface area contributed by atoms with Gasteiger partial charge in [0.2, 0.25) is 0 Å². The third kappa shape index (κ3) is 5.35. The fourth-order valence-corrected chi connectivity index (χ4v) is 1.61. The summed E-state index contributed by atoms with van der Waals surface area (Å²) in [6.07, 6.45) is 1.43. The number of carbonyl (C=O) groups is 2. The minimum absolute atomic E-state index is 0.130. The Balaban J connectivity index is 4.59. The molecule has 0 aliphatic rings. The summed E-state index contributed by atoms with van der Waals surface area (Å²) in [7, 11) is 0. The van der Waals surface area contributed by atoms with Crippen LogP contribution in [0.3, 0.4) is 0 Å². The molecule has 2 atom stereocenters. The highest BCUT2D eigenvalue weighted by Crippen LogP contribution is 2.08. The number of aliphatic hydroxyl groups is 1. The Morgan fingerprint density at radius 1 is 1.28 bits per heavy atom. The van der Waals surface area contributed by atoms with Crippen LogP contribution in [0.25, 0.3) is 0 Å². The van der Waals surface area contributed by atoms with Gasteiger partial charge in [-0.3, -0.25) is 0 Å². The summed E-state index contributed by atoms with van der Waals surface area (Å²) in [5.74, 6) is -1.16. The van der Waals surface area contributed by atoms with Gasteiger partial charge >= 0.3 is 12.0 Å². The van der Waals surface area contributed by atoms with Gasteiger partial charge in [0.1, 0.15) is 6.04 Å². The topological polar surface area (TPSA) is 89.9 Å². The molecule has 0 rings (SSSR count). The molecule has 0 aromatic rings. The maximum atomic E-state index is 11.9. The second-order valence-electron chi connectivity index (χ2n) is 4.36. The van der Waals surface area contributed by atoms with Crippen LogP contribution in [-0.2, 0) is 4.79 Å². The van der Waals surface area contributed by atoms with Crippen molar-refractivity contribution in [2.45, 2.75) is 39.7 Å². The van der Waals surface area contributed by atoms with Crippen LogP contribution >= 0.6 is 0 Å². The van der Waals surface area contributed by atoms with Crippen molar-refractivity contribution in [2.24, 2.45) is 5.92 Å². The Hall–Kier alpha value is -1.30. The molecule has 1 unspecified atom stereocenters. The third-order valence-corrected chi connectivity index (χ3v) is 2.91. The summed E-state index contributed by atoms with van der Waals surface area (Å²) in [4.78, 5) is 24.4. The van der Waals surface area contributed by atoms with E-state index in [0.29, 0.717) is 13.0 Å². The molecule has 0 saturated heterocycles. The SMILES string of the molecule is CCCN(CCO)C(=O)N[C@H](C(=O)O)C(C)CC. The number of hydrogen-bond acceptors (Lipinski definition) is 3. The summed E-state index contributed by atoms with van der Waals surface area (Å²) in [6.45, 7) is 6.17. The lowest BCUT2D eigenvalue weighted by Gasteiger charge is -2.26. The molecule has 0 fully saturated rings. The van der Waals surface area contributed by atoms with Crippen LogP contribution in [0.4, 0.5) is 4.79 Å². The summed E-state index contributed by atoms with van der Waals surface area (Å²) in [6, 6.07) is -1.32. The Morgan fingerprint density at radius 3 is 2.28 bits per heavy atom. The molecule has 0 radical (unpaired) electrons. The van der Waals surface area contributed by atoms with E-state index < -0.39 is 18.0 Å². The molecule has 2 amide bonds. The van der Waals surface area contributed by atoms with Gasteiger partial charge in [0, 0.05) is 13.1 Å². The van der Waals surface area contributed by atoms with E-state index in [4.69, 9.17) is 10.2 Å². The van der Waals surface area contributed by atoms with Gasteiger partial charge in [0.15, 0.2) is 0 Å². The van der Waals surface area contributed by atoms with E-state index in [0.717, 1.165) is 6.42 Å². The molecular weight excluding hydrogens is 236 g/mol. The van der Waals surface area contributed by atoms with Gasteiger partial charge in [-0.05, 0) is 12.3 Å². The number of nitrogens with zero attached hydrogens (tertiary/aromatic N) is 1. The Bertz CT molecular complexity index is 265. The number of rotatable bonds is 8. The van der Waals surface area contributed by atoms with Gasteiger partial charge in [-0.25, -0.2) is 9.59 Å². The lowest BCUT2D eigenvalue weighted by atomic mass is 9.99. The third-order valence-electron chi connectivity index (χ3n) is 2.91. The number of aliphatic hydroxyl groups excluding tert-OH is 1. The molecule has 0 aromatic heterocycles. The number of aliphatic carboxylic acids is 1. The normalized spacial score (nSPS) is 13.8. The van der Waals surface area contributed by atoms with E-state index in [1.165, 1.54) is 4.90 Å². The molecule has 0 bridgehead atoms. The summed E-state index contributed by atoms with van der Waals surface area (Å²) in [5, 5.41) is 20.5. The number of nitrogens with one attached hydrogen (secondary N) is 1. The van der Waals surface area contributed by atoms with Crippen LogP contribution < -0.4 is 5.32 Å². The van der Waals surface area contributed by atoms with Crippen molar-refractivity contribution >= 4 is 12.0 Å². The minimum Gasteiger partial charge on any atom is -0.480 e. The lowest BCUT2D eigenvalue weighted by molar-refractivity contribution is -0.140. The van der Waals surface area contributed by atoms with Crippen molar-refractivity contribution in [3.8, 4) is 0 Å². The Kier molecular flexibility index (Phi) is 8.11. The molecule has 3 N–H and O–H groups in total. The van der Waals surface area contributed by atoms with Gasteiger partial charge in [0.05, 0.1) is 6.61 Å². The molecule has 18 heavy (non-hydrogen) atoms. The van der Waals surface area contributed by atoms with Crippen LogP contribution in [0.5, 0.6) is 0 Å². The first-order chi connectivity index (χ1) is 8.47. The highest BCUT2D eigenvalue weighted by molar-refractivity contribution is 5.82. The van der Waals surface area contributed by atoms with Crippen molar-refractivity contribution in [2.75, 3.05) is 19.7 Å². The van der Waals surface area contributed by atoms with E-state index >= 15 is 0 Å². The predicted molar refractivity (Wildman–Crippen MR) is 68.4 cm³/mol. The van der Waals surface area contributed by atoms with Crippen molar-refractivity contribution < 1.29 is 19.8 Å². The highest BCUT2D eigenvalue weighted by Gasteiger charge is 2.26. The maximum absolute atomic E-state index is 11.9.